The van der Waals surface area contributed by atoms with Crippen molar-refractivity contribution >= 4 is 0 Å². The van der Waals surface area contributed by atoms with Gasteiger partial charge >= 0.3 is 0 Å². The maximum Gasteiger partial charge on any atom is 0.0919 e. The number of aryl methyl sites for hydroxylation is 2. The third kappa shape index (κ3) is 4.29. The number of β-amino-alcohol motifs (C(OH)–C–C–N with tert-alkyl or cyclic N) is 1. The third-order valence-electron chi connectivity index (χ3n) is 3.99. The van der Waals surface area contributed by atoms with E-state index in [1.165, 1.54) is 5.56 Å². The number of rotatable bonds is 3. The van der Waals surface area contributed by atoms with Gasteiger partial charge in [0.25, 0.3) is 0 Å². The van der Waals surface area contributed by atoms with Gasteiger partial charge in [-0.05, 0) is 52.7 Å². The molecule has 1 heterocycles. The first-order valence-corrected chi connectivity index (χ1v) is 7.76. The van der Waals surface area contributed by atoms with Gasteiger partial charge in [-0.15, -0.1) is 0 Å². The van der Waals surface area contributed by atoms with Gasteiger partial charge in [0.15, 0.2) is 0 Å². The predicted octanol–water partition coefficient (Wildman–Crippen LogP) is 3.23. The maximum atomic E-state index is 10.6. The zero-order chi connectivity index (χ0) is 15.8. The van der Waals surface area contributed by atoms with Crippen molar-refractivity contribution in [3.05, 3.63) is 34.9 Å². The molecular formula is C18H29NO2. The molecule has 21 heavy (non-hydrogen) atoms. The molecular weight excluding hydrogens is 262 g/mol. The molecule has 1 aliphatic heterocycles. The van der Waals surface area contributed by atoms with Crippen LogP contribution in [0.15, 0.2) is 18.2 Å². The van der Waals surface area contributed by atoms with E-state index in [0.29, 0.717) is 6.54 Å². The summed E-state index contributed by atoms with van der Waals surface area (Å²) in [5.74, 6) is 0. The summed E-state index contributed by atoms with van der Waals surface area (Å²) in [5.41, 5.74) is 3.03. The molecule has 1 saturated heterocycles. The van der Waals surface area contributed by atoms with E-state index in [-0.39, 0.29) is 11.2 Å². The van der Waals surface area contributed by atoms with E-state index in [4.69, 9.17) is 4.74 Å². The summed E-state index contributed by atoms with van der Waals surface area (Å²) < 4.78 is 6.10. The number of hydrogen-bond acceptors (Lipinski definition) is 3. The molecule has 1 unspecified atom stereocenters. The first-order valence-electron chi connectivity index (χ1n) is 7.76. The van der Waals surface area contributed by atoms with Gasteiger partial charge < -0.3 is 9.84 Å². The average molecular weight is 291 g/mol. The van der Waals surface area contributed by atoms with Crippen LogP contribution < -0.4 is 0 Å². The molecule has 1 aromatic carbocycles. The summed E-state index contributed by atoms with van der Waals surface area (Å²) in [6, 6.07) is 6.27. The Kier molecular flexibility index (Phi) is 4.48. The first-order chi connectivity index (χ1) is 9.58. The molecule has 2 rings (SSSR count). The van der Waals surface area contributed by atoms with Crippen molar-refractivity contribution < 1.29 is 9.84 Å². The molecule has 0 amide bonds. The summed E-state index contributed by atoms with van der Waals surface area (Å²) in [6.07, 6.45) is -0.449. The molecule has 3 heteroatoms. The number of ether oxygens (including phenoxy) is 1. The number of aliphatic hydroxyl groups is 1. The monoisotopic (exact) mass is 291 g/mol. The van der Waals surface area contributed by atoms with Gasteiger partial charge in [0.05, 0.1) is 17.3 Å². The van der Waals surface area contributed by atoms with Gasteiger partial charge in [0, 0.05) is 19.6 Å². The molecule has 1 aromatic rings. The Hall–Kier alpha value is -0.900. The SMILES string of the molecule is Cc1ccc(C)c(C(O)CN2CC(C)(C)OC(C)(C)C2)c1. The summed E-state index contributed by atoms with van der Waals surface area (Å²) in [4.78, 5) is 2.32. The second kappa shape index (κ2) is 5.71. The molecule has 0 saturated carbocycles. The lowest BCUT2D eigenvalue weighted by Gasteiger charge is -2.47. The quantitative estimate of drug-likeness (QED) is 0.928. The van der Waals surface area contributed by atoms with Crippen molar-refractivity contribution in [2.75, 3.05) is 19.6 Å². The van der Waals surface area contributed by atoms with Crippen molar-refractivity contribution in [3.8, 4) is 0 Å². The fraction of sp³-hybridized carbons (Fsp3) is 0.667. The Morgan fingerprint density at radius 2 is 1.71 bits per heavy atom. The van der Waals surface area contributed by atoms with E-state index >= 15 is 0 Å². The van der Waals surface area contributed by atoms with Crippen LogP contribution in [0.3, 0.4) is 0 Å². The van der Waals surface area contributed by atoms with Crippen LogP contribution >= 0.6 is 0 Å². The molecule has 1 atom stereocenters. The van der Waals surface area contributed by atoms with Crippen molar-refractivity contribution in [2.24, 2.45) is 0 Å². The minimum atomic E-state index is -0.449. The Balaban J connectivity index is 2.12. The van der Waals surface area contributed by atoms with Crippen molar-refractivity contribution in [3.63, 3.8) is 0 Å². The summed E-state index contributed by atoms with van der Waals surface area (Å²) >= 11 is 0. The van der Waals surface area contributed by atoms with E-state index in [0.717, 1.165) is 24.2 Å². The number of hydrogen-bond donors (Lipinski definition) is 1. The van der Waals surface area contributed by atoms with Gasteiger partial charge in [-0.2, -0.15) is 0 Å². The molecule has 3 nitrogen and oxygen atoms in total. The Bertz CT molecular complexity index is 492. The van der Waals surface area contributed by atoms with Gasteiger partial charge in [-0.3, -0.25) is 4.90 Å². The topological polar surface area (TPSA) is 32.7 Å². The lowest BCUT2D eigenvalue weighted by atomic mass is 9.96. The number of benzene rings is 1. The highest BCUT2D eigenvalue weighted by atomic mass is 16.5. The zero-order valence-corrected chi connectivity index (χ0v) is 14.2. The minimum Gasteiger partial charge on any atom is -0.387 e. The second-order valence-electron chi connectivity index (χ2n) is 7.67. The minimum absolute atomic E-state index is 0.177. The molecule has 1 fully saturated rings. The molecule has 0 bridgehead atoms. The molecule has 0 aromatic heterocycles. The van der Waals surface area contributed by atoms with Crippen LogP contribution in [0.25, 0.3) is 0 Å². The molecule has 0 aliphatic carbocycles. The molecule has 118 valence electrons. The van der Waals surface area contributed by atoms with Crippen molar-refractivity contribution in [2.45, 2.75) is 58.8 Å². The molecule has 1 N–H and O–H groups in total. The molecule has 0 spiro atoms. The number of aliphatic hydroxyl groups excluding tert-OH is 1. The predicted molar refractivity (Wildman–Crippen MR) is 86.6 cm³/mol. The van der Waals surface area contributed by atoms with Crippen LogP contribution in [0.1, 0.15) is 50.5 Å². The van der Waals surface area contributed by atoms with Crippen LogP contribution in [-0.2, 0) is 4.74 Å². The number of nitrogens with zero attached hydrogens (tertiary/aromatic N) is 1. The summed E-state index contributed by atoms with van der Waals surface area (Å²) in [5, 5.41) is 10.6. The Morgan fingerprint density at radius 1 is 1.14 bits per heavy atom. The third-order valence-corrected chi connectivity index (χ3v) is 3.99. The lowest BCUT2D eigenvalue weighted by Crippen LogP contribution is -2.57. The standard InChI is InChI=1S/C18H29NO2/c1-13-7-8-14(2)15(9-13)16(20)10-19-11-17(3,4)21-18(5,6)12-19/h7-9,16,20H,10-12H2,1-6H3. The fourth-order valence-corrected chi connectivity index (χ4v) is 3.54. The van der Waals surface area contributed by atoms with Crippen molar-refractivity contribution in [1.82, 2.24) is 4.90 Å². The van der Waals surface area contributed by atoms with Crippen LogP contribution in [0, 0.1) is 13.8 Å². The summed E-state index contributed by atoms with van der Waals surface area (Å²) in [7, 11) is 0. The summed E-state index contributed by atoms with van der Waals surface area (Å²) in [6.45, 7) is 14.9. The normalized spacial score (nSPS) is 23.0. The van der Waals surface area contributed by atoms with Gasteiger partial charge in [0.2, 0.25) is 0 Å². The highest BCUT2D eigenvalue weighted by Gasteiger charge is 2.38. The highest BCUT2D eigenvalue weighted by Crippen LogP contribution is 2.30. The fourth-order valence-electron chi connectivity index (χ4n) is 3.54. The van der Waals surface area contributed by atoms with E-state index in [2.05, 4.69) is 64.6 Å². The number of morpholine rings is 1. The highest BCUT2D eigenvalue weighted by molar-refractivity contribution is 5.32. The zero-order valence-electron chi connectivity index (χ0n) is 14.2. The van der Waals surface area contributed by atoms with Crippen LogP contribution in [0.4, 0.5) is 0 Å². The van der Waals surface area contributed by atoms with Gasteiger partial charge in [0.1, 0.15) is 0 Å². The maximum absolute atomic E-state index is 10.6. The molecule has 0 radical (unpaired) electrons. The van der Waals surface area contributed by atoms with Crippen LogP contribution in [-0.4, -0.2) is 40.8 Å². The van der Waals surface area contributed by atoms with E-state index in [1.54, 1.807) is 0 Å². The Labute approximate surface area is 128 Å². The largest absolute Gasteiger partial charge is 0.387 e. The average Bonchev–Trinajstić information content (AvgIpc) is 2.27. The van der Waals surface area contributed by atoms with E-state index in [9.17, 15) is 5.11 Å². The van der Waals surface area contributed by atoms with Gasteiger partial charge in [-0.1, -0.05) is 23.8 Å². The van der Waals surface area contributed by atoms with E-state index in [1.807, 2.05) is 0 Å². The van der Waals surface area contributed by atoms with Crippen LogP contribution in [0.2, 0.25) is 0 Å². The smallest absolute Gasteiger partial charge is 0.0919 e. The lowest BCUT2D eigenvalue weighted by molar-refractivity contribution is -0.183. The van der Waals surface area contributed by atoms with Crippen LogP contribution in [0.5, 0.6) is 0 Å². The first kappa shape index (κ1) is 16.5. The van der Waals surface area contributed by atoms with Crippen molar-refractivity contribution in [1.29, 1.82) is 0 Å². The second-order valence-corrected chi connectivity index (χ2v) is 7.67. The van der Waals surface area contributed by atoms with Gasteiger partial charge in [-0.25, -0.2) is 0 Å². The van der Waals surface area contributed by atoms with E-state index < -0.39 is 6.10 Å². The molecule has 1 aliphatic rings. The Morgan fingerprint density at radius 3 is 2.29 bits per heavy atom.